The van der Waals surface area contributed by atoms with Gasteiger partial charge in [-0.2, -0.15) is 13.2 Å². The van der Waals surface area contributed by atoms with Gasteiger partial charge in [-0.25, -0.2) is 4.39 Å². The fourth-order valence-electron chi connectivity index (χ4n) is 2.05. The third kappa shape index (κ3) is 2.49. The minimum atomic E-state index is -4.59. The molecule has 1 N–H and O–H groups in total. The lowest BCUT2D eigenvalue weighted by Gasteiger charge is -2.32. The van der Waals surface area contributed by atoms with E-state index in [0.29, 0.717) is 6.07 Å². The molecular formula is C12H12F4O2. The molecule has 100 valence electrons. The van der Waals surface area contributed by atoms with Crippen LogP contribution < -0.4 is 0 Å². The van der Waals surface area contributed by atoms with E-state index in [9.17, 15) is 22.7 Å². The van der Waals surface area contributed by atoms with Crippen LogP contribution in [0, 0.1) is 5.82 Å². The Labute approximate surface area is 101 Å². The van der Waals surface area contributed by atoms with E-state index in [4.69, 9.17) is 4.74 Å². The highest BCUT2D eigenvalue weighted by molar-refractivity contribution is 5.30. The number of halogens is 4. The van der Waals surface area contributed by atoms with E-state index in [-0.39, 0.29) is 31.6 Å². The van der Waals surface area contributed by atoms with Crippen LogP contribution in [0.25, 0.3) is 0 Å². The van der Waals surface area contributed by atoms with Crippen molar-refractivity contribution in [1.29, 1.82) is 0 Å². The molecule has 0 atom stereocenters. The van der Waals surface area contributed by atoms with Crippen molar-refractivity contribution in [2.24, 2.45) is 0 Å². The highest BCUT2D eigenvalue weighted by atomic mass is 19.4. The van der Waals surface area contributed by atoms with Crippen molar-refractivity contribution >= 4 is 0 Å². The fourth-order valence-corrected chi connectivity index (χ4v) is 2.05. The van der Waals surface area contributed by atoms with Crippen molar-refractivity contribution in [2.45, 2.75) is 24.6 Å². The van der Waals surface area contributed by atoms with E-state index in [2.05, 4.69) is 0 Å². The molecule has 0 radical (unpaired) electrons. The molecule has 1 saturated heterocycles. The first kappa shape index (κ1) is 13.3. The van der Waals surface area contributed by atoms with Gasteiger partial charge in [0.05, 0.1) is 11.2 Å². The van der Waals surface area contributed by atoms with Gasteiger partial charge < -0.3 is 9.84 Å². The first-order valence-corrected chi connectivity index (χ1v) is 5.50. The Bertz CT molecular complexity index is 436. The monoisotopic (exact) mass is 264 g/mol. The molecule has 1 aliphatic heterocycles. The fraction of sp³-hybridized carbons (Fsp3) is 0.500. The highest BCUT2D eigenvalue weighted by Crippen LogP contribution is 2.36. The molecule has 1 fully saturated rings. The van der Waals surface area contributed by atoms with Crippen molar-refractivity contribution in [3.8, 4) is 0 Å². The lowest BCUT2D eigenvalue weighted by atomic mass is 9.85. The zero-order chi connectivity index (χ0) is 13.4. The van der Waals surface area contributed by atoms with Crippen LogP contribution >= 0.6 is 0 Å². The summed E-state index contributed by atoms with van der Waals surface area (Å²) >= 11 is 0. The Hall–Kier alpha value is -1.14. The summed E-state index contributed by atoms with van der Waals surface area (Å²) in [6, 6.07) is 2.21. The number of ether oxygens (including phenoxy) is 1. The van der Waals surface area contributed by atoms with Gasteiger partial charge in [-0.05, 0) is 12.1 Å². The minimum Gasteiger partial charge on any atom is -0.385 e. The number of hydrogen-bond acceptors (Lipinski definition) is 2. The maximum Gasteiger partial charge on any atom is 0.416 e. The van der Waals surface area contributed by atoms with Crippen LogP contribution in [-0.2, 0) is 16.5 Å². The number of rotatable bonds is 1. The Kier molecular flexibility index (Phi) is 3.33. The van der Waals surface area contributed by atoms with Crippen LogP contribution in [0.3, 0.4) is 0 Å². The summed E-state index contributed by atoms with van der Waals surface area (Å²) in [6.07, 6.45) is -4.23. The molecule has 0 bridgehead atoms. The van der Waals surface area contributed by atoms with Crippen molar-refractivity contribution < 1.29 is 27.4 Å². The molecule has 1 aromatic rings. The second kappa shape index (κ2) is 4.51. The van der Waals surface area contributed by atoms with Gasteiger partial charge >= 0.3 is 6.18 Å². The second-order valence-corrected chi connectivity index (χ2v) is 4.34. The molecule has 2 nitrogen and oxygen atoms in total. The first-order valence-electron chi connectivity index (χ1n) is 5.50. The van der Waals surface area contributed by atoms with Crippen molar-refractivity contribution in [1.82, 2.24) is 0 Å². The lowest BCUT2D eigenvalue weighted by Crippen LogP contribution is -2.34. The summed E-state index contributed by atoms with van der Waals surface area (Å²) in [5.41, 5.74) is -2.59. The smallest absolute Gasteiger partial charge is 0.385 e. The van der Waals surface area contributed by atoms with Gasteiger partial charge in [-0.15, -0.1) is 0 Å². The first-order chi connectivity index (χ1) is 8.33. The molecule has 0 unspecified atom stereocenters. The maximum absolute atomic E-state index is 13.7. The summed E-state index contributed by atoms with van der Waals surface area (Å²) in [5, 5.41) is 10.2. The Morgan fingerprint density at radius 2 is 1.78 bits per heavy atom. The molecule has 2 rings (SSSR count). The molecule has 0 saturated carbocycles. The van der Waals surface area contributed by atoms with E-state index in [1.807, 2.05) is 0 Å². The van der Waals surface area contributed by atoms with E-state index in [0.717, 1.165) is 12.1 Å². The summed E-state index contributed by atoms with van der Waals surface area (Å²) in [5.74, 6) is -1.03. The van der Waals surface area contributed by atoms with Gasteiger partial charge in [0.15, 0.2) is 0 Å². The van der Waals surface area contributed by atoms with Crippen LogP contribution in [0.4, 0.5) is 17.6 Å². The van der Waals surface area contributed by atoms with Gasteiger partial charge in [0.1, 0.15) is 5.82 Å². The molecule has 0 spiro atoms. The van der Waals surface area contributed by atoms with Crippen LogP contribution in [0.1, 0.15) is 24.0 Å². The second-order valence-electron chi connectivity index (χ2n) is 4.34. The standard InChI is InChI=1S/C12H12F4O2/c13-10-7-8(12(14,15)16)1-2-9(10)11(17)3-5-18-6-4-11/h1-2,7,17H,3-6H2. The Balaban J connectivity index is 2.35. The Morgan fingerprint density at radius 3 is 2.28 bits per heavy atom. The van der Waals surface area contributed by atoms with E-state index in [1.54, 1.807) is 0 Å². The molecule has 1 aliphatic rings. The van der Waals surface area contributed by atoms with Gasteiger partial charge in [-0.3, -0.25) is 0 Å². The largest absolute Gasteiger partial charge is 0.416 e. The van der Waals surface area contributed by atoms with Crippen molar-refractivity contribution in [3.63, 3.8) is 0 Å². The average molecular weight is 264 g/mol. The highest BCUT2D eigenvalue weighted by Gasteiger charge is 2.37. The summed E-state index contributed by atoms with van der Waals surface area (Å²) in [7, 11) is 0. The summed E-state index contributed by atoms with van der Waals surface area (Å²) in [6.45, 7) is 0.522. The zero-order valence-corrected chi connectivity index (χ0v) is 9.43. The van der Waals surface area contributed by atoms with Gasteiger partial charge in [0.2, 0.25) is 0 Å². The molecule has 0 amide bonds. The Morgan fingerprint density at radius 1 is 1.17 bits per heavy atom. The lowest BCUT2D eigenvalue weighted by molar-refractivity contribution is -0.138. The molecule has 1 aromatic carbocycles. The molecule has 0 aromatic heterocycles. The third-order valence-electron chi connectivity index (χ3n) is 3.12. The van der Waals surface area contributed by atoms with Crippen molar-refractivity contribution in [2.75, 3.05) is 13.2 Å². The molecule has 0 aliphatic carbocycles. The average Bonchev–Trinajstić information content (AvgIpc) is 2.28. The number of aliphatic hydroxyl groups is 1. The van der Waals surface area contributed by atoms with Crippen LogP contribution in [0.5, 0.6) is 0 Å². The van der Waals surface area contributed by atoms with Crippen LogP contribution in [-0.4, -0.2) is 18.3 Å². The predicted octanol–water partition coefficient (Wildman–Crippen LogP) is 2.84. The molecule has 6 heteroatoms. The molecule has 1 heterocycles. The zero-order valence-electron chi connectivity index (χ0n) is 9.43. The van der Waals surface area contributed by atoms with E-state index in [1.165, 1.54) is 0 Å². The van der Waals surface area contributed by atoms with E-state index >= 15 is 0 Å². The van der Waals surface area contributed by atoms with Gasteiger partial charge in [-0.1, -0.05) is 6.07 Å². The topological polar surface area (TPSA) is 29.5 Å². The number of benzene rings is 1. The predicted molar refractivity (Wildman–Crippen MR) is 55.4 cm³/mol. The SMILES string of the molecule is OC1(c2ccc(C(F)(F)F)cc2F)CCOCC1. The summed E-state index contributed by atoms with van der Waals surface area (Å²) < 4.78 is 55.9. The maximum atomic E-state index is 13.7. The molecule has 18 heavy (non-hydrogen) atoms. The quantitative estimate of drug-likeness (QED) is 0.790. The third-order valence-corrected chi connectivity index (χ3v) is 3.12. The van der Waals surface area contributed by atoms with E-state index < -0.39 is 23.2 Å². The molecular weight excluding hydrogens is 252 g/mol. The number of alkyl halides is 3. The normalized spacial score (nSPS) is 19.8. The van der Waals surface area contributed by atoms with Crippen LogP contribution in [0.2, 0.25) is 0 Å². The van der Waals surface area contributed by atoms with Gasteiger partial charge in [0, 0.05) is 31.6 Å². The minimum absolute atomic E-state index is 0.0983. The van der Waals surface area contributed by atoms with Gasteiger partial charge in [0.25, 0.3) is 0 Å². The van der Waals surface area contributed by atoms with Crippen molar-refractivity contribution in [3.05, 3.63) is 35.1 Å². The number of hydrogen-bond donors (Lipinski definition) is 1. The summed E-state index contributed by atoms with van der Waals surface area (Å²) in [4.78, 5) is 0. The van der Waals surface area contributed by atoms with Crippen LogP contribution in [0.15, 0.2) is 18.2 Å².